The first-order valence-electron chi connectivity index (χ1n) is 6.71. The van der Waals surface area contributed by atoms with Gasteiger partial charge in [0.15, 0.2) is 11.4 Å². The topological polar surface area (TPSA) is 39.2 Å². The van der Waals surface area contributed by atoms with Crippen molar-refractivity contribution >= 4 is 11.0 Å². The summed E-state index contributed by atoms with van der Waals surface area (Å²) in [6.07, 6.45) is 0.991. The van der Waals surface area contributed by atoms with Gasteiger partial charge in [0, 0.05) is 5.39 Å². The first kappa shape index (κ1) is 12.9. The minimum atomic E-state index is -0.382. The highest BCUT2D eigenvalue weighted by molar-refractivity contribution is 5.78. The van der Waals surface area contributed by atoms with Crippen LogP contribution < -0.4 is 5.73 Å². The number of benzene rings is 2. The van der Waals surface area contributed by atoms with Gasteiger partial charge in [-0.1, -0.05) is 43.3 Å². The molecule has 0 fully saturated rings. The van der Waals surface area contributed by atoms with Gasteiger partial charge in [0.2, 0.25) is 0 Å². The molecule has 0 amide bonds. The number of rotatable bonds is 3. The van der Waals surface area contributed by atoms with E-state index in [0.717, 1.165) is 17.4 Å². The number of para-hydroxylation sites is 1. The number of halogens is 1. The second kappa shape index (κ2) is 5.10. The summed E-state index contributed by atoms with van der Waals surface area (Å²) < 4.78 is 19.2. The van der Waals surface area contributed by atoms with Gasteiger partial charge < -0.3 is 10.2 Å². The minimum absolute atomic E-state index is 0.267. The van der Waals surface area contributed by atoms with Crippen molar-refractivity contribution in [3.63, 3.8) is 0 Å². The third kappa shape index (κ3) is 2.21. The van der Waals surface area contributed by atoms with Gasteiger partial charge in [0.25, 0.3) is 0 Å². The summed E-state index contributed by atoms with van der Waals surface area (Å²) in [5.41, 5.74) is 8.69. The largest absolute Gasteiger partial charge is 0.456 e. The van der Waals surface area contributed by atoms with Crippen LogP contribution in [-0.4, -0.2) is 0 Å². The van der Waals surface area contributed by atoms with E-state index in [0.29, 0.717) is 5.76 Å². The molecule has 0 aliphatic rings. The summed E-state index contributed by atoms with van der Waals surface area (Å²) in [6, 6.07) is 14.4. The maximum Gasteiger partial charge on any atom is 0.169 e. The van der Waals surface area contributed by atoms with Crippen LogP contribution in [0.2, 0.25) is 0 Å². The molecule has 0 aliphatic heterocycles. The Morgan fingerprint density at radius 3 is 2.55 bits per heavy atom. The Hall–Kier alpha value is -2.13. The predicted octanol–water partition coefficient (Wildman–Crippen LogP) is 4.18. The van der Waals surface area contributed by atoms with Crippen LogP contribution in [0.5, 0.6) is 0 Å². The SMILES string of the molecule is CCc1ccc(C(N)c2cc3cccc(F)c3o2)cc1. The Balaban J connectivity index is 1.98. The Labute approximate surface area is 117 Å². The minimum Gasteiger partial charge on any atom is -0.456 e. The predicted molar refractivity (Wildman–Crippen MR) is 78.0 cm³/mol. The van der Waals surface area contributed by atoms with Gasteiger partial charge in [-0.2, -0.15) is 0 Å². The molecule has 1 heterocycles. The van der Waals surface area contributed by atoms with Crippen LogP contribution >= 0.6 is 0 Å². The van der Waals surface area contributed by atoms with E-state index in [2.05, 4.69) is 19.1 Å². The molecule has 0 bridgehead atoms. The van der Waals surface area contributed by atoms with Gasteiger partial charge in [-0.25, -0.2) is 4.39 Å². The molecule has 0 radical (unpaired) electrons. The van der Waals surface area contributed by atoms with Gasteiger partial charge in [0.05, 0.1) is 6.04 Å². The Morgan fingerprint density at radius 1 is 1.15 bits per heavy atom. The maximum absolute atomic E-state index is 13.6. The molecular weight excluding hydrogens is 253 g/mol. The molecule has 2 N–H and O–H groups in total. The van der Waals surface area contributed by atoms with Crippen molar-refractivity contribution in [2.75, 3.05) is 0 Å². The molecule has 3 rings (SSSR count). The lowest BCUT2D eigenvalue weighted by Crippen LogP contribution is -2.10. The summed E-state index contributed by atoms with van der Waals surface area (Å²) in [6.45, 7) is 2.11. The lowest BCUT2D eigenvalue weighted by molar-refractivity contribution is 0.502. The van der Waals surface area contributed by atoms with Crippen LogP contribution in [0.1, 0.15) is 29.9 Å². The van der Waals surface area contributed by atoms with Gasteiger partial charge >= 0.3 is 0 Å². The average molecular weight is 269 g/mol. The normalized spacial score (nSPS) is 12.8. The third-order valence-electron chi connectivity index (χ3n) is 3.57. The summed E-state index contributed by atoms with van der Waals surface area (Å²) >= 11 is 0. The molecule has 0 spiro atoms. The number of nitrogens with two attached hydrogens (primary N) is 1. The summed E-state index contributed by atoms with van der Waals surface area (Å²) in [5.74, 6) is 0.219. The molecule has 2 nitrogen and oxygen atoms in total. The van der Waals surface area contributed by atoms with Crippen LogP contribution in [0.4, 0.5) is 4.39 Å². The zero-order valence-corrected chi connectivity index (χ0v) is 11.3. The smallest absolute Gasteiger partial charge is 0.169 e. The highest BCUT2D eigenvalue weighted by Crippen LogP contribution is 2.28. The zero-order chi connectivity index (χ0) is 14.1. The van der Waals surface area contributed by atoms with Crippen molar-refractivity contribution in [1.29, 1.82) is 0 Å². The van der Waals surface area contributed by atoms with Crippen LogP contribution in [0.15, 0.2) is 52.9 Å². The first-order valence-corrected chi connectivity index (χ1v) is 6.71. The Morgan fingerprint density at radius 2 is 1.90 bits per heavy atom. The van der Waals surface area contributed by atoms with Gasteiger partial charge in [-0.3, -0.25) is 0 Å². The standard InChI is InChI=1S/C17H16FNO/c1-2-11-6-8-12(9-7-11)16(19)15-10-13-4-3-5-14(18)17(13)20-15/h3-10,16H,2,19H2,1H3. The van der Waals surface area contributed by atoms with Crippen LogP contribution in [0.3, 0.4) is 0 Å². The van der Waals surface area contributed by atoms with E-state index >= 15 is 0 Å². The van der Waals surface area contributed by atoms with Gasteiger partial charge in [-0.15, -0.1) is 0 Å². The molecule has 0 saturated heterocycles. The number of fused-ring (bicyclic) bond motifs is 1. The van der Waals surface area contributed by atoms with Crippen molar-refractivity contribution in [2.24, 2.45) is 5.73 Å². The van der Waals surface area contributed by atoms with Crippen molar-refractivity contribution < 1.29 is 8.81 Å². The third-order valence-corrected chi connectivity index (χ3v) is 3.57. The molecule has 2 aromatic carbocycles. The second-order valence-corrected chi connectivity index (χ2v) is 4.88. The molecule has 0 saturated carbocycles. The molecule has 0 aliphatic carbocycles. The fraction of sp³-hybridized carbons (Fsp3) is 0.176. The van der Waals surface area contributed by atoms with E-state index in [1.807, 2.05) is 18.2 Å². The summed E-state index contributed by atoms with van der Waals surface area (Å²) in [5, 5.41) is 0.737. The van der Waals surface area contributed by atoms with E-state index in [1.165, 1.54) is 11.6 Å². The fourth-order valence-corrected chi connectivity index (χ4v) is 2.33. The van der Waals surface area contributed by atoms with Crippen molar-refractivity contribution in [3.05, 3.63) is 71.2 Å². The van der Waals surface area contributed by atoms with E-state index in [9.17, 15) is 4.39 Å². The molecule has 1 atom stereocenters. The molecule has 20 heavy (non-hydrogen) atoms. The lowest BCUT2D eigenvalue weighted by atomic mass is 10.0. The van der Waals surface area contributed by atoms with E-state index in [-0.39, 0.29) is 17.4 Å². The Bertz CT molecular complexity index is 730. The Kier molecular flexibility index (Phi) is 3.28. The fourth-order valence-electron chi connectivity index (χ4n) is 2.33. The number of furan rings is 1. The number of hydrogen-bond donors (Lipinski definition) is 1. The van der Waals surface area contributed by atoms with Gasteiger partial charge in [0.1, 0.15) is 5.76 Å². The van der Waals surface area contributed by atoms with Gasteiger partial charge in [-0.05, 0) is 29.7 Å². The van der Waals surface area contributed by atoms with E-state index < -0.39 is 0 Å². The molecule has 3 aromatic rings. The molecular formula is C17H16FNO. The monoisotopic (exact) mass is 269 g/mol. The number of hydrogen-bond acceptors (Lipinski definition) is 2. The average Bonchev–Trinajstić information content (AvgIpc) is 2.92. The quantitative estimate of drug-likeness (QED) is 0.774. The van der Waals surface area contributed by atoms with Crippen molar-refractivity contribution in [3.8, 4) is 0 Å². The number of aryl methyl sites for hydroxylation is 1. The van der Waals surface area contributed by atoms with Crippen LogP contribution in [0.25, 0.3) is 11.0 Å². The second-order valence-electron chi connectivity index (χ2n) is 4.88. The highest BCUT2D eigenvalue weighted by Gasteiger charge is 2.15. The molecule has 3 heteroatoms. The van der Waals surface area contributed by atoms with Crippen LogP contribution in [0, 0.1) is 5.82 Å². The molecule has 1 unspecified atom stereocenters. The summed E-state index contributed by atoms with van der Waals surface area (Å²) in [7, 11) is 0. The van der Waals surface area contributed by atoms with E-state index in [1.54, 1.807) is 12.1 Å². The lowest BCUT2D eigenvalue weighted by Gasteiger charge is -2.09. The molecule has 1 aromatic heterocycles. The summed E-state index contributed by atoms with van der Waals surface area (Å²) in [4.78, 5) is 0. The van der Waals surface area contributed by atoms with E-state index in [4.69, 9.17) is 10.2 Å². The van der Waals surface area contributed by atoms with Crippen LogP contribution in [-0.2, 0) is 6.42 Å². The first-order chi connectivity index (χ1) is 9.69. The van der Waals surface area contributed by atoms with Crippen molar-refractivity contribution in [1.82, 2.24) is 0 Å². The zero-order valence-electron chi connectivity index (χ0n) is 11.3. The van der Waals surface area contributed by atoms with Crippen molar-refractivity contribution in [2.45, 2.75) is 19.4 Å². The maximum atomic E-state index is 13.6. The molecule has 102 valence electrons. The highest BCUT2D eigenvalue weighted by atomic mass is 19.1.